The Morgan fingerprint density at radius 2 is 2.07 bits per heavy atom. The summed E-state index contributed by atoms with van der Waals surface area (Å²) in [4.78, 5) is 16.1. The standard InChI is InChI=1S/C11H10N2OS/c1-8(14)13-11-10(15-7-12-11)9-5-3-2-4-6-9/h2-7H,1H3,(H,13,14). The summed E-state index contributed by atoms with van der Waals surface area (Å²) in [6.07, 6.45) is 0. The van der Waals surface area contributed by atoms with Crippen LogP contribution in [0.2, 0.25) is 0 Å². The SMILES string of the molecule is CC(=O)Nc1ncsc1-c1ccccc1. The Hall–Kier alpha value is -1.68. The van der Waals surface area contributed by atoms with Gasteiger partial charge in [-0.25, -0.2) is 4.98 Å². The van der Waals surface area contributed by atoms with Gasteiger partial charge in [0.2, 0.25) is 5.91 Å². The molecule has 0 saturated carbocycles. The molecule has 3 nitrogen and oxygen atoms in total. The number of benzene rings is 1. The number of carbonyl (C=O) groups is 1. The smallest absolute Gasteiger partial charge is 0.222 e. The minimum absolute atomic E-state index is 0.0990. The molecule has 1 heterocycles. The summed E-state index contributed by atoms with van der Waals surface area (Å²) in [6, 6.07) is 9.89. The first-order valence-electron chi connectivity index (χ1n) is 4.54. The number of rotatable bonds is 2. The van der Waals surface area contributed by atoms with E-state index >= 15 is 0 Å². The summed E-state index contributed by atoms with van der Waals surface area (Å²) >= 11 is 1.52. The molecule has 0 aliphatic rings. The van der Waals surface area contributed by atoms with Crippen LogP contribution in [0, 0.1) is 0 Å². The number of hydrogen-bond donors (Lipinski definition) is 1. The van der Waals surface area contributed by atoms with Gasteiger partial charge in [-0.2, -0.15) is 0 Å². The summed E-state index contributed by atoms with van der Waals surface area (Å²) in [6.45, 7) is 1.48. The van der Waals surface area contributed by atoms with Crippen LogP contribution in [0.3, 0.4) is 0 Å². The van der Waals surface area contributed by atoms with Crippen LogP contribution >= 0.6 is 11.3 Å². The van der Waals surface area contributed by atoms with Crippen LogP contribution in [0.5, 0.6) is 0 Å². The van der Waals surface area contributed by atoms with Crippen molar-refractivity contribution in [2.24, 2.45) is 0 Å². The predicted octanol–water partition coefficient (Wildman–Crippen LogP) is 2.77. The molecule has 0 aliphatic heterocycles. The van der Waals surface area contributed by atoms with E-state index in [0.29, 0.717) is 5.82 Å². The molecule has 4 heteroatoms. The van der Waals surface area contributed by atoms with Gasteiger partial charge in [0.1, 0.15) is 0 Å². The van der Waals surface area contributed by atoms with E-state index in [4.69, 9.17) is 0 Å². The van der Waals surface area contributed by atoms with E-state index in [1.54, 1.807) is 5.51 Å². The Kier molecular flexibility index (Phi) is 2.78. The number of carbonyl (C=O) groups excluding carboxylic acids is 1. The van der Waals surface area contributed by atoms with Crippen LogP contribution in [0.25, 0.3) is 10.4 Å². The molecular weight excluding hydrogens is 208 g/mol. The molecule has 0 atom stereocenters. The highest BCUT2D eigenvalue weighted by Crippen LogP contribution is 2.30. The topological polar surface area (TPSA) is 42.0 Å². The molecule has 76 valence electrons. The second-order valence-electron chi connectivity index (χ2n) is 3.08. The maximum Gasteiger partial charge on any atom is 0.222 e. The minimum Gasteiger partial charge on any atom is -0.310 e. The molecule has 2 rings (SSSR count). The first-order valence-corrected chi connectivity index (χ1v) is 5.42. The quantitative estimate of drug-likeness (QED) is 0.842. The maximum absolute atomic E-state index is 10.9. The lowest BCUT2D eigenvalue weighted by molar-refractivity contribution is -0.114. The molecule has 0 saturated heterocycles. The molecule has 0 unspecified atom stereocenters. The fraction of sp³-hybridized carbons (Fsp3) is 0.0909. The van der Waals surface area contributed by atoms with Gasteiger partial charge in [0.15, 0.2) is 5.82 Å². The summed E-state index contributed by atoms with van der Waals surface area (Å²) in [7, 11) is 0. The fourth-order valence-electron chi connectivity index (χ4n) is 1.30. The van der Waals surface area contributed by atoms with Crippen LogP contribution < -0.4 is 5.32 Å². The van der Waals surface area contributed by atoms with Crippen molar-refractivity contribution < 1.29 is 4.79 Å². The zero-order valence-electron chi connectivity index (χ0n) is 8.23. The van der Waals surface area contributed by atoms with Crippen LogP contribution in [0.1, 0.15) is 6.92 Å². The summed E-state index contributed by atoms with van der Waals surface area (Å²) in [5, 5.41) is 2.71. The van der Waals surface area contributed by atoms with Crippen molar-refractivity contribution in [3.63, 3.8) is 0 Å². The van der Waals surface area contributed by atoms with Crippen molar-refractivity contribution in [1.82, 2.24) is 4.98 Å². The lowest BCUT2D eigenvalue weighted by Crippen LogP contribution is -2.06. The largest absolute Gasteiger partial charge is 0.310 e. The first kappa shape index (κ1) is 9.86. The monoisotopic (exact) mass is 218 g/mol. The average molecular weight is 218 g/mol. The van der Waals surface area contributed by atoms with Gasteiger partial charge in [-0.15, -0.1) is 11.3 Å². The molecule has 0 bridgehead atoms. The Morgan fingerprint density at radius 1 is 1.33 bits per heavy atom. The van der Waals surface area contributed by atoms with E-state index in [0.717, 1.165) is 10.4 Å². The van der Waals surface area contributed by atoms with Crippen LogP contribution in [0.4, 0.5) is 5.82 Å². The van der Waals surface area contributed by atoms with Gasteiger partial charge in [0.05, 0.1) is 10.4 Å². The number of nitrogens with one attached hydrogen (secondary N) is 1. The minimum atomic E-state index is -0.0990. The lowest BCUT2D eigenvalue weighted by Gasteiger charge is -2.01. The van der Waals surface area contributed by atoms with Gasteiger partial charge in [0, 0.05) is 6.92 Å². The Morgan fingerprint density at radius 3 is 2.73 bits per heavy atom. The molecule has 1 amide bonds. The Labute approximate surface area is 91.8 Å². The van der Waals surface area contributed by atoms with E-state index in [1.165, 1.54) is 18.3 Å². The van der Waals surface area contributed by atoms with Gasteiger partial charge in [-0.3, -0.25) is 4.79 Å². The van der Waals surface area contributed by atoms with Gasteiger partial charge in [0.25, 0.3) is 0 Å². The van der Waals surface area contributed by atoms with Crippen molar-refractivity contribution in [3.8, 4) is 10.4 Å². The average Bonchev–Trinajstić information content (AvgIpc) is 2.66. The fourth-order valence-corrected chi connectivity index (χ4v) is 2.05. The van der Waals surface area contributed by atoms with Gasteiger partial charge in [-0.1, -0.05) is 30.3 Å². The van der Waals surface area contributed by atoms with Crippen molar-refractivity contribution in [1.29, 1.82) is 0 Å². The van der Waals surface area contributed by atoms with Crippen LogP contribution in [0.15, 0.2) is 35.8 Å². The molecule has 0 fully saturated rings. The number of hydrogen-bond acceptors (Lipinski definition) is 3. The van der Waals surface area contributed by atoms with Crippen LogP contribution in [-0.2, 0) is 4.79 Å². The van der Waals surface area contributed by atoms with E-state index in [2.05, 4.69) is 10.3 Å². The summed E-state index contributed by atoms with van der Waals surface area (Å²) in [5.74, 6) is 0.539. The molecule has 2 aromatic rings. The van der Waals surface area contributed by atoms with Crippen molar-refractivity contribution in [2.75, 3.05) is 5.32 Å². The molecular formula is C11H10N2OS. The second kappa shape index (κ2) is 4.23. The van der Waals surface area contributed by atoms with Crippen LogP contribution in [-0.4, -0.2) is 10.9 Å². The number of amides is 1. The normalized spacial score (nSPS) is 9.93. The Balaban J connectivity index is 2.37. The van der Waals surface area contributed by atoms with Crippen molar-refractivity contribution in [3.05, 3.63) is 35.8 Å². The Bertz CT molecular complexity index is 464. The first-order chi connectivity index (χ1) is 7.27. The second-order valence-corrected chi connectivity index (χ2v) is 3.93. The van der Waals surface area contributed by atoms with Gasteiger partial charge < -0.3 is 5.32 Å². The summed E-state index contributed by atoms with van der Waals surface area (Å²) in [5.41, 5.74) is 2.80. The maximum atomic E-state index is 10.9. The third-order valence-electron chi connectivity index (χ3n) is 1.90. The van der Waals surface area contributed by atoms with E-state index in [9.17, 15) is 4.79 Å². The molecule has 0 radical (unpaired) electrons. The van der Waals surface area contributed by atoms with Gasteiger partial charge in [-0.05, 0) is 5.56 Å². The highest BCUT2D eigenvalue weighted by molar-refractivity contribution is 7.13. The van der Waals surface area contributed by atoms with Crippen molar-refractivity contribution in [2.45, 2.75) is 6.92 Å². The highest BCUT2D eigenvalue weighted by atomic mass is 32.1. The molecule has 1 N–H and O–H groups in total. The number of aromatic nitrogens is 1. The third kappa shape index (κ3) is 2.22. The highest BCUT2D eigenvalue weighted by Gasteiger charge is 2.08. The zero-order valence-corrected chi connectivity index (χ0v) is 9.04. The lowest BCUT2D eigenvalue weighted by atomic mass is 10.2. The molecule has 1 aromatic carbocycles. The van der Waals surface area contributed by atoms with E-state index < -0.39 is 0 Å². The van der Waals surface area contributed by atoms with Crippen molar-refractivity contribution >= 4 is 23.1 Å². The number of nitrogens with zero attached hydrogens (tertiary/aromatic N) is 1. The number of thiazole rings is 1. The van der Waals surface area contributed by atoms with Gasteiger partial charge >= 0.3 is 0 Å². The van der Waals surface area contributed by atoms with E-state index in [-0.39, 0.29) is 5.91 Å². The third-order valence-corrected chi connectivity index (χ3v) is 2.77. The van der Waals surface area contributed by atoms with E-state index in [1.807, 2.05) is 30.3 Å². The number of anilines is 1. The molecule has 0 aliphatic carbocycles. The predicted molar refractivity (Wildman–Crippen MR) is 61.9 cm³/mol. The molecule has 0 spiro atoms. The molecule has 1 aromatic heterocycles. The molecule has 15 heavy (non-hydrogen) atoms. The summed E-state index contributed by atoms with van der Waals surface area (Å²) < 4.78 is 0. The zero-order chi connectivity index (χ0) is 10.7.